The molecule has 0 atom stereocenters. The van der Waals surface area contributed by atoms with E-state index in [1.165, 1.54) is 0 Å². The Kier molecular flexibility index (Phi) is 5.26. The zero-order valence-corrected chi connectivity index (χ0v) is 6.86. The van der Waals surface area contributed by atoms with E-state index in [4.69, 9.17) is 12.2 Å². The third-order valence-electron chi connectivity index (χ3n) is 0.522. The summed E-state index contributed by atoms with van der Waals surface area (Å²) in [5.41, 5.74) is 0. The highest BCUT2D eigenvalue weighted by atomic mass is 32.2. The molecular formula is C4H7S2Si. The Bertz CT molecular complexity index is 62.7. The summed E-state index contributed by atoms with van der Waals surface area (Å²) in [7, 11) is 3.31. The van der Waals surface area contributed by atoms with Gasteiger partial charge in [-0.1, -0.05) is 19.1 Å². The largest absolute Gasteiger partial charge is 0.123 e. The molecular weight excluding hydrogens is 140 g/mol. The van der Waals surface area contributed by atoms with E-state index in [-0.39, 0.29) is 0 Å². The topological polar surface area (TPSA) is 0 Å². The molecule has 0 aliphatic heterocycles. The molecule has 3 radical (unpaired) electrons. The molecule has 0 aromatic heterocycles. The number of thioether (sulfide) groups is 1. The smallest absolute Gasteiger partial charge is 0.0472 e. The minimum Gasteiger partial charge on any atom is -0.123 e. The van der Waals surface area contributed by atoms with E-state index in [1.54, 1.807) is 11.8 Å². The molecule has 0 nitrogen and oxygen atoms in total. The summed E-state index contributed by atoms with van der Waals surface area (Å²) in [5.74, 6) is 0. The van der Waals surface area contributed by atoms with Crippen LogP contribution in [0, 0.1) is 0 Å². The van der Waals surface area contributed by atoms with E-state index in [1.807, 2.05) is 0 Å². The Labute approximate surface area is 57.5 Å². The summed E-state index contributed by atoms with van der Waals surface area (Å²) in [4.78, 5) is 0. The van der Waals surface area contributed by atoms with Crippen molar-refractivity contribution in [1.82, 2.24) is 0 Å². The van der Waals surface area contributed by atoms with Crippen molar-refractivity contribution in [2.45, 2.75) is 13.3 Å². The van der Waals surface area contributed by atoms with Crippen LogP contribution >= 0.6 is 24.0 Å². The number of hydrogen-bond donors (Lipinski definition) is 0. The van der Waals surface area contributed by atoms with Crippen molar-refractivity contribution < 1.29 is 0 Å². The molecule has 0 unspecified atom stereocenters. The van der Waals surface area contributed by atoms with Gasteiger partial charge in [-0.2, -0.15) is 0 Å². The Hall–Kier alpha value is 0.657. The van der Waals surface area contributed by atoms with Gasteiger partial charge in [0.15, 0.2) is 0 Å². The molecule has 0 spiro atoms. The molecule has 0 bridgehead atoms. The predicted molar refractivity (Wildman–Crippen MR) is 41.1 cm³/mol. The number of rotatable bonds is 2. The van der Waals surface area contributed by atoms with Gasteiger partial charge in [-0.3, -0.25) is 0 Å². The van der Waals surface area contributed by atoms with Crippen molar-refractivity contribution in [2.24, 2.45) is 0 Å². The van der Waals surface area contributed by atoms with E-state index >= 15 is 0 Å². The van der Waals surface area contributed by atoms with Crippen LogP contribution in [0.3, 0.4) is 0 Å². The normalized spacial score (nSPS) is 8.86. The van der Waals surface area contributed by atoms with Crippen LogP contribution in [-0.2, 0) is 0 Å². The Morgan fingerprint density at radius 3 is 2.57 bits per heavy atom. The minimum atomic E-state index is 0.923. The van der Waals surface area contributed by atoms with Crippen molar-refractivity contribution in [1.29, 1.82) is 0 Å². The summed E-state index contributed by atoms with van der Waals surface area (Å²) in [6.45, 7) is 2.07. The van der Waals surface area contributed by atoms with Gasteiger partial charge in [0.05, 0.1) is 0 Å². The van der Waals surface area contributed by atoms with Crippen LogP contribution in [0.5, 0.6) is 0 Å². The van der Waals surface area contributed by atoms with Crippen LogP contribution in [0.15, 0.2) is 0 Å². The molecule has 0 saturated carbocycles. The molecule has 0 heterocycles. The highest BCUT2D eigenvalue weighted by Gasteiger charge is 1.86. The molecule has 0 N–H and O–H groups in total. The van der Waals surface area contributed by atoms with Crippen LogP contribution in [0.2, 0.25) is 0 Å². The fraction of sp³-hybridized carbons (Fsp3) is 0.750. The molecule has 0 fully saturated rings. The van der Waals surface area contributed by atoms with Crippen LogP contribution in [0.25, 0.3) is 0 Å². The van der Waals surface area contributed by atoms with Crippen LogP contribution in [0.1, 0.15) is 13.3 Å². The second kappa shape index (κ2) is 4.81. The maximum Gasteiger partial charge on any atom is 0.0472 e. The summed E-state index contributed by atoms with van der Waals surface area (Å²) >= 11 is 6.56. The van der Waals surface area contributed by atoms with E-state index < -0.39 is 0 Å². The molecule has 0 amide bonds. The van der Waals surface area contributed by atoms with Crippen LogP contribution in [0.4, 0.5) is 0 Å². The summed E-state index contributed by atoms with van der Waals surface area (Å²) in [6, 6.07) is 0. The highest BCUT2D eigenvalue weighted by Crippen LogP contribution is 2.03. The van der Waals surface area contributed by atoms with Gasteiger partial charge in [0.1, 0.15) is 0 Å². The van der Waals surface area contributed by atoms with E-state index in [0.29, 0.717) is 0 Å². The molecule has 0 aromatic carbocycles. The SMILES string of the molecule is CCC(=S)SC[Si]. The van der Waals surface area contributed by atoms with Gasteiger partial charge in [0.25, 0.3) is 0 Å². The van der Waals surface area contributed by atoms with Gasteiger partial charge in [-0.15, -0.1) is 11.8 Å². The quantitative estimate of drug-likeness (QED) is 0.430. The third-order valence-corrected chi connectivity index (χ3v) is 2.35. The van der Waals surface area contributed by atoms with Crippen LogP contribution < -0.4 is 0 Å². The maximum absolute atomic E-state index is 4.89. The average Bonchev–Trinajstić information content (AvgIpc) is 1.68. The van der Waals surface area contributed by atoms with Crippen molar-refractivity contribution >= 4 is 38.4 Å². The Morgan fingerprint density at radius 2 is 2.43 bits per heavy atom. The first kappa shape index (κ1) is 7.66. The lowest BCUT2D eigenvalue weighted by Crippen LogP contribution is -1.84. The molecule has 3 heteroatoms. The lowest BCUT2D eigenvalue weighted by molar-refractivity contribution is 1.35. The first-order valence-corrected chi connectivity index (χ1v) is 4.21. The molecule has 0 aliphatic carbocycles. The monoisotopic (exact) mass is 147 g/mol. The third kappa shape index (κ3) is 4.51. The molecule has 0 rings (SSSR count). The van der Waals surface area contributed by atoms with Crippen molar-refractivity contribution in [3.63, 3.8) is 0 Å². The van der Waals surface area contributed by atoms with E-state index in [2.05, 4.69) is 17.2 Å². The lowest BCUT2D eigenvalue weighted by Gasteiger charge is -1.91. The lowest BCUT2D eigenvalue weighted by atomic mass is 10.6. The average molecular weight is 147 g/mol. The number of thiocarbonyl (C=S) groups is 1. The van der Waals surface area contributed by atoms with E-state index in [0.717, 1.165) is 16.0 Å². The summed E-state index contributed by atoms with van der Waals surface area (Å²) in [6.07, 6.45) is 1.00. The van der Waals surface area contributed by atoms with Gasteiger partial charge < -0.3 is 0 Å². The van der Waals surface area contributed by atoms with Gasteiger partial charge in [-0.05, 0) is 11.8 Å². The second-order valence-electron chi connectivity index (χ2n) is 1.01. The molecule has 7 heavy (non-hydrogen) atoms. The van der Waals surface area contributed by atoms with E-state index in [9.17, 15) is 0 Å². The minimum absolute atomic E-state index is 0.923. The van der Waals surface area contributed by atoms with Crippen molar-refractivity contribution in [2.75, 3.05) is 5.38 Å². The second-order valence-corrected chi connectivity index (χ2v) is 3.70. The highest BCUT2D eigenvalue weighted by molar-refractivity contribution is 8.23. The molecule has 0 aliphatic rings. The molecule has 0 saturated heterocycles. The van der Waals surface area contributed by atoms with Crippen LogP contribution in [-0.4, -0.2) is 19.8 Å². The fourth-order valence-electron chi connectivity index (χ4n) is 0.183. The molecule has 0 aromatic rings. The van der Waals surface area contributed by atoms with Gasteiger partial charge in [0, 0.05) is 14.4 Å². The predicted octanol–water partition coefficient (Wildman–Crippen LogP) is 1.58. The van der Waals surface area contributed by atoms with Gasteiger partial charge in [0.2, 0.25) is 0 Å². The van der Waals surface area contributed by atoms with Gasteiger partial charge >= 0.3 is 0 Å². The zero-order chi connectivity index (χ0) is 5.70. The zero-order valence-electron chi connectivity index (χ0n) is 4.23. The Balaban J connectivity index is 3.00. The Morgan fingerprint density at radius 1 is 1.86 bits per heavy atom. The number of hydrogen-bond acceptors (Lipinski definition) is 2. The van der Waals surface area contributed by atoms with Crippen molar-refractivity contribution in [3.05, 3.63) is 0 Å². The first-order valence-electron chi connectivity index (χ1n) is 2.11. The first-order chi connectivity index (χ1) is 3.31. The van der Waals surface area contributed by atoms with Crippen molar-refractivity contribution in [3.8, 4) is 0 Å². The summed E-state index contributed by atoms with van der Waals surface area (Å²) in [5, 5.41) is 0.923. The van der Waals surface area contributed by atoms with Gasteiger partial charge in [-0.25, -0.2) is 0 Å². The maximum atomic E-state index is 4.89. The fourth-order valence-corrected chi connectivity index (χ4v) is 1.56. The molecule has 39 valence electrons. The summed E-state index contributed by atoms with van der Waals surface area (Å²) < 4.78 is 1.08. The standard InChI is InChI=1S/C4H7S2Si/c1-2-4(5)6-3-7/h2-3H2,1H3.